The van der Waals surface area contributed by atoms with Gasteiger partial charge in [0.2, 0.25) is 5.91 Å². The molecule has 0 bridgehead atoms. The van der Waals surface area contributed by atoms with Crippen molar-refractivity contribution in [1.82, 2.24) is 10.2 Å². The molecule has 100 valence electrons. The van der Waals surface area contributed by atoms with Crippen LogP contribution in [0.2, 0.25) is 0 Å². The fourth-order valence-corrected chi connectivity index (χ4v) is 1.96. The summed E-state index contributed by atoms with van der Waals surface area (Å²) in [7, 11) is 1.89. The highest BCUT2D eigenvalue weighted by Gasteiger charge is 2.19. The SMILES string of the molecule is CC(C)CCCN(C)C(=O)CC1CNCCO1. The Kier molecular flexibility index (Phi) is 6.52. The van der Waals surface area contributed by atoms with E-state index < -0.39 is 0 Å². The van der Waals surface area contributed by atoms with Crippen LogP contribution in [0.1, 0.15) is 33.1 Å². The molecule has 4 nitrogen and oxygen atoms in total. The fourth-order valence-electron chi connectivity index (χ4n) is 1.96. The van der Waals surface area contributed by atoms with Crippen molar-refractivity contribution < 1.29 is 9.53 Å². The molecule has 1 heterocycles. The van der Waals surface area contributed by atoms with Gasteiger partial charge in [-0.1, -0.05) is 13.8 Å². The lowest BCUT2D eigenvalue weighted by molar-refractivity contribution is -0.133. The summed E-state index contributed by atoms with van der Waals surface area (Å²) in [6, 6.07) is 0. The van der Waals surface area contributed by atoms with Crippen molar-refractivity contribution in [3.8, 4) is 0 Å². The van der Waals surface area contributed by atoms with Crippen molar-refractivity contribution in [2.45, 2.75) is 39.2 Å². The molecule has 1 saturated heterocycles. The van der Waals surface area contributed by atoms with Crippen molar-refractivity contribution in [3.05, 3.63) is 0 Å². The first-order valence-electron chi connectivity index (χ1n) is 6.66. The molecule has 0 aromatic rings. The number of nitrogens with zero attached hydrogens (tertiary/aromatic N) is 1. The van der Waals surface area contributed by atoms with Crippen molar-refractivity contribution in [1.29, 1.82) is 0 Å². The molecule has 1 unspecified atom stereocenters. The van der Waals surface area contributed by atoms with E-state index in [-0.39, 0.29) is 12.0 Å². The van der Waals surface area contributed by atoms with Gasteiger partial charge in [0.15, 0.2) is 0 Å². The first-order valence-corrected chi connectivity index (χ1v) is 6.66. The third-order valence-corrected chi connectivity index (χ3v) is 3.11. The molecule has 0 radical (unpaired) electrons. The number of nitrogens with one attached hydrogen (secondary N) is 1. The van der Waals surface area contributed by atoms with E-state index in [1.54, 1.807) is 0 Å². The molecule has 0 aliphatic carbocycles. The number of rotatable bonds is 6. The van der Waals surface area contributed by atoms with Gasteiger partial charge in [-0.2, -0.15) is 0 Å². The van der Waals surface area contributed by atoms with Crippen molar-refractivity contribution in [2.75, 3.05) is 33.3 Å². The van der Waals surface area contributed by atoms with Crippen LogP contribution in [0.15, 0.2) is 0 Å². The molecule has 1 amide bonds. The predicted molar refractivity (Wildman–Crippen MR) is 68.9 cm³/mol. The minimum atomic E-state index is 0.0591. The molecule has 0 aromatic heterocycles. The number of carbonyl (C=O) groups excluding carboxylic acids is 1. The van der Waals surface area contributed by atoms with Crippen LogP contribution in [0.3, 0.4) is 0 Å². The fraction of sp³-hybridized carbons (Fsp3) is 0.923. The molecular formula is C13H26N2O2. The van der Waals surface area contributed by atoms with Crippen LogP contribution < -0.4 is 5.32 Å². The van der Waals surface area contributed by atoms with Gasteiger partial charge in [-0.25, -0.2) is 0 Å². The van der Waals surface area contributed by atoms with Crippen LogP contribution in [-0.4, -0.2) is 50.2 Å². The molecule has 0 aromatic carbocycles. The molecular weight excluding hydrogens is 216 g/mol. The zero-order valence-corrected chi connectivity index (χ0v) is 11.4. The highest BCUT2D eigenvalue weighted by molar-refractivity contribution is 5.76. The molecule has 1 aliphatic rings. The first-order chi connectivity index (χ1) is 8.09. The van der Waals surface area contributed by atoms with Crippen LogP contribution in [-0.2, 0) is 9.53 Å². The van der Waals surface area contributed by atoms with Gasteiger partial charge in [0.05, 0.1) is 19.1 Å². The van der Waals surface area contributed by atoms with E-state index >= 15 is 0 Å². The zero-order chi connectivity index (χ0) is 12.7. The van der Waals surface area contributed by atoms with Gasteiger partial charge in [-0.05, 0) is 18.8 Å². The average Bonchev–Trinajstić information content (AvgIpc) is 2.29. The Bertz CT molecular complexity index is 225. The minimum absolute atomic E-state index is 0.0591. The topological polar surface area (TPSA) is 41.6 Å². The maximum absolute atomic E-state index is 11.9. The van der Waals surface area contributed by atoms with Gasteiger partial charge in [-0.15, -0.1) is 0 Å². The zero-order valence-electron chi connectivity index (χ0n) is 11.4. The van der Waals surface area contributed by atoms with E-state index in [1.165, 1.54) is 6.42 Å². The van der Waals surface area contributed by atoms with E-state index in [9.17, 15) is 4.79 Å². The van der Waals surface area contributed by atoms with E-state index in [1.807, 2.05) is 11.9 Å². The first kappa shape index (κ1) is 14.5. The minimum Gasteiger partial charge on any atom is -0.375 e. The summed E-state index contributed by atoms with van der Waals surface area (Å²) >= 11 is 0. The summed E-state index contributed by atoms with van der Waals surface area (Å²) in [5.74, 6) is 0.909. The quantitative estimate of drug-likeness (QED) is 0.762. The number of morpholine rings is 1. The third-order valence-electron chi connectivity index (χ3n) is 3.11. The molecule has 1 N–H and O–H groups in total. The number of ether oxygens (including phenoxy) is 1. The second-order valence-corrected chi connectivity index (χ2v) is 5.25. The Balaban J connectivity index is 2.16. The van der Waals surface area contributed by atoms with E-state index in [4.69, 9.17) is 4.74 Å². The largest absolute Gasteiger partial charge is 0.375 e. The maximum Gasteiger partial charge on any atom is 0.224 e. The highest BCUT2D eigenvalue weighted by atomic mass is 16.5. The van der Waals surface area contributed by atoms with Crippen LogP contribution >= 0.6 is 0 Å². The average molecular weight is 242 g/mol. The summed E-state index contributed by atoms with van der Waals surface area (Å²) in [6.07, 6.45) is 2.83. The van der Waals surface area contributed by atoms with Crippen molar-refractivity contribution in [3.63, 3.8) is 0 Å². The lowest BCUT2D eigenvalue weighted by atomic mass is 10.1. The Morgan fingerprint density at radius 1 is 1.53 bits per heavy atom. The molecule has 1 rings (SSSR count). The number of hydrogen-bond donors (Lipinski definition) is 1. The van der Waals surface area contributed by atoms with E-state index in [2.05, 4.69) is 19.2 Å². The molecule has 1 atom stereocenters. The predicted octanol–water partition coefficient (Wildman–Crippen LogP) is 1.26. The van der Waals surface area contributed by atoms with Crippen LogP contribution in [0.4, 0.5) is 0 Å². The van der Waals surface area contributed by atoms with E-state index in [0.29, 0.717) is 12.3 Å². The van der Waals surface area contributed by atoms with Crippen LogP contribution in [0.5, 0.6) is 0 Å². The second-order valence-electron chi connectivity index (χ2n) is 5.25. The molecule has 17 heavy (non-hydrogen) atoms. The summed E-state index contributed by atoms with van der Waals surface area (Å²) in [6.45, 7) is 7.69. The lowest BCUT2D eigenvalue weighted by Gasteiger charge is -2.25. The third kappa shape index (κ3) is 6.03. The van der Waals surface area contributed by atoms with Gasteiger partial charge in [0.25, 0.3) is 0 Å². The highest BCUT2D eigenvalue weighted by Crippen LogP contribution is 2.07. The van der Waals surface area contributed by atoms with Gasteiger partial charge in [-0.3, -0.25) is 4.79 Å². The van der Waals surface area contributed by atoms with Gasteiger partial charge in [0, 0.05) is 26.7 Å². The van der Waals surface area contributed by atoms with Crippen LogP contribution in [0, 0.1) is 5.92 Å². The summed E-state index contributed by atoms with van der Waals surface area (Å²) in [5, 5.41) is 3.24. The Morgan fingerprint density at radius 2 is 2.29 bits per heavy atom. The van der Waals surface area contributed by atoms with E-state index in [0.717, 1.165) is 32.7 Å². The smallest absolute Gasteiger partial charge is 0.224 e. The Hall–Kier alpha value is -0.610. The van der Waals surface area contributed by atoms with Crippen molar-refractivity contribution >= 4 is 5.91 Å². The molecule has 0 spiro atoms. The molecule has 1 aliphatic heterocycles. The van der Waals surface area contributed by atoms with Gasteiger partial charge < -0.3 is 15.0 Å². The number of carbonyl (C=O) groups is 1. The normalized spacial score (nSPS) is 20.6. The molecule has 1 fully saturated rings. The Labute approximate surface area is 105 Å². The Morgan fingerprint density at radius 3 is 2.88 bits per heavy atom. The monoisotopic (exact) mass is 242 g/mol. The summed E-state index contributed by atoms with van der Waals surface area (Å²) in [4.78, 5) is 13.7. The summed E-state index contributed by atoms with van der Waals surface area (Å²) < 4.78 is 5.53. The van der Waals surface area contributed by atoms with Gasteiger partial charge >= 0.3 is 0 Å². The number of amides is 1. The maximum atomic E-state index is 11.9. The lowest BCUT2D eigenvalue weighted by Crippen LogP contribution is -2.41. The molecule has 4 heteroatoms. The number of hydrogen-bond acceptors (Lipinski definition) is 3. The second kappa shape index (κ2) is 7.67. The summed E-state index contributed by atoms with van der Waals surface area (Å²) in [5.41, 5.74) is 0. The van der Waals surface area contributed by atoms with Crippen LogP contribution in [0.25, 0.3) is 0 Å². The standard InChI is InChI=1S/C13H26N2O2/c1-11(2)5-4-7-15(3)13(16)9-12-10-14-6-8-17-12/h11-12,14H,4-10H2,1-3H3. The van der Waals surface area contributed by atoms with Gasteiger partial charge in [0.1, 0.15) is 0 Å². The molecule has 0 saturated carbocycles. The van der Waals surface area contributed by atoms with Crippen molar-refractivity contribution in [2.24, 2.45) is 5.92 Å².